The number of nitrogens with zero attached hydrogens (tertiary/aromatic N) is 2. The van der Waals surface area contributed by atoms with E-state index in [1.165, 1.54) is 4.90 Å². The number of guanidine groups is 1. The molecule has 166 valence electrons. The number of amides is 2. The number of likely N-dealkylation sites (tertiary alicyclic amines) is 1. The molecule has 31 heavy (non-hydrogen) atoms. The summed E-state index contributed by atoms with van der Waals surface area (Å²) in [5, 5.41) is 17.2. The number of carbonyl (C=O) groups excluding carboxylic acids is 2. The van der Waals surface area contributed by atoms with Crippen molar-refractivity contribution < 1.29 is 14.7 Å². The van der Waals surface area contributed by atoms with Crippen molar-refractivity contribution in [3.63, 3.8) is 0 Å². The van der Waals surface area contributed by atoms with Crippen molar-refractivity contribution in [2.45, 2.75) is 25.9 Å². The number of aliphatic hydroxyl groups is 1. The zero-order valence-electron chi connectivity index (χ0n) is 17.6. The van der Waals surface area contributed by atoms with Gasteiger partial charge in [-0.1, -0.05) is 42.0 Å². The van der Waals surface area contributed by atoms with E-state index in [4.69, 9.17) is 11.6 Å². The normalized spacial score (nSPS) is 27.7. The molecule has 8 heteroatoms. The first-order chi connectivity index (χ1) is 15.0. The molecule has 0 spiro atoms. The zero-order chi connectivity index (χ0) is 22.0. The smallest absolute Gasteiger partial charge is 0.233 e. The third kappa shape index (κ3) is 4.34. The lowest BCUT2D eigenvalue weighted by molar-refractivity contribution is -0.140. The van der Waals surface area contributed by atoms with E-state index in [-0.39, 0.29) is 42.0 Å². The Morgan fingerprint density at radius 1 is 1.19 bits per heavy atom. The first kappa shape index (κ1) is 21.8. The van der Waals surface area contributed by atoms with Crippen LogP contribution in [0.3, 0.4) is 0 Å². The quantitative estimate of drug-likeness (QED) is 0.188. The highest BCUT2D eigenvalue weighted by Gasteiger charge is 2.58. The number of benzene rings is 1. The number of allylic oxidation sites excluding steroid dienone is 2. The topological polar surface area (TPSA) is 94.0 Å². The minimum atomic E-state index is -0.799. The van der Waals surface area contributed by atoms with Gasteiger partial charge >= 0.3 is 0 Å². The molecule has 3 aliphatic rings. The minimum Gasteiger partial charge on any atom is -0.386 e. The van der Waals surface area contributed by atoms with Gasteiger partial charge < -0.3 is 15.7 Å². The van der Waals surface area contributed by atoms with Crippen molar-refractivity contribution >= 4 is 29.4 Å². The molecular formula is C23H29ClN4O3. The highest BCUT2D eigenvalue weighted by Crippen LogP contribution is 2.52. The van der Waals surface area contributed by atoms with Crippen molar-refractivity contribution in [2.75, 3.05) is 26.2 Å². The number of hydrogen-bond donors (Lipinski definition) is 3. The Bertz CT molecular complexity index is 873. The average molecular weight is 445 g/mol. The van der Waals surface area contributed by atoms with Crippen molar-refractivity contribution in [1.82, 2.24) is 15.5 Å². The number of carbonyl (C=O) groups is 2. The highest BCUT2D eigenvalue weighted by atomic mass is 35.5. The van der Waals surface area contributed by atoms with Gasteiger partial charge in [0, 0.05) is 30.2 Å². The van der Waals surface area contributed by atoms with Gasteiger partial charge in [0.05, 0.1) is 18.4 Å². The average Bonchev–Trinajstić information content (AvgIpc) is 3.44. The fourth-order valence-electron chi connectivity index (χ4n) is 4.99. The number of hydrogen-bond acceptors (Lipinski definition) is 4. The van der Waals surface area contributed by atoms with Gasteiger partial charge in [-0.15, -0.1) is 0 Å². The van der Waals surface area contributed by atoms with E-state index in [0.717, 1.165) is 6.42 Å². The van der Waals surface area contributed by atoms with Crippen LogP contribution in [-0.2, 0) is 9.59 Å². The second-order valence-corrected chi connectivity index (χ2v) is 8.77. The van der Waals surface area contributed by atoms with Gasteiger partial charge in [-0.3, -0.25) is 19.5 Å². The lowest BCUT2D eigenvalue weighted by Gasteiger charge is -2.18. The number of aliphatic hydroxyl groups excluding tert-OH is 1. The van der Waals surface area contributed by atoms with Gasteiger partial charge in [0.2, 0.25) is 11.8 Å². The third-order valence-corrected chi connectivity index (χ3v) is 6.79. The van der Waals surface area contributed by atoms with E-state index < -0.39 is 6.10 Å². The largest absolute Gasteiger partial charge is 0.386 e. The third-order valence-electron chi connectivity index (χ3n) is 6.44. The molecular weight excluding hydrogens is 416 g/mol. The molecule has 1 saturated heterocycles. The van der Waals surface area contributed by atoms with Crippen molar-refractivity contribution in [1.29, 1.82) is 0 Å². The first-order valence-corrected chi connectivity index (χ1v) is 11.4. The van der Waals surface area contributed by atoms with E-state index in [2.05, 4.69) is 27.8 Å². The van der Waals surface area contributed by atoms with Crippen molar-refractivity contribution in [3.05, 3.63) is 47.0 Å². The van der Waals surface area contributed by atoms with E-state index in [1.54, 1.807) is 12.1 Å². The van der Waals surface area contributed by atoms with Gasteiger partial charge in [0.15, 0.2) is 5.96 Å². The molecule has 1 heterocycles. The summed E-state index contributed by atoms with van der Waals surface area (Å²) in [7, 11) is 0. The van der Waals surface area contributed by atoms with E-state index in [1.807, 2.05) is 19.1 Å². The first-order valence-electron chi connectivity index (χ1n) is 11.0. The van der Waals surface area contributed by atoms with Crippen LogP contribution < -0.4 is 10.6 Å². The van der Waals surface area contributed by atoms with Crippen LogP contribution in [0.15, 0.2) is 41.4 Å². The van der Waals surface area contributed by atoms with Crippen LogP contribution in [0, 0.1) is 23.7 Å². The molecule has 0 radical (unpaired) electrons. The SMILES string of the molecule is CCNC(=NCC(O)c1ccccc1Cl)NCCCN1C(=O)C2C3C=CC(C3)C2C1=O. The van der Waals surface area contributed by atoms with E-state index in [0.29, 0.717) is 42.6 Å². The molecule has 2 aliphatic carbocycles. The summed E-state index contributed by atoms with van der Waals surface area (Å²) >= 11 is 6.14. The second-order valence-electron chi connectivity index (χ2n) is 8.37. The Hall–Kier alpha value is -2.38. The summed E-state index contributed by atoms with van der Waals surface area (Å²) in [4.78, 5) is 31.4. The fraction of sp³-hybridized carbons (Fsp3) is 0.522. The summed E-state index contributed by atoms with van der Waals surface area (Å²) in [5.74, 6) is 0.775. The second kappa shape index (κ2) is 9.40. The Morgan fingerprint density at radius 3 is 2.52 bits per heavy atom. The molecule has 0 aromatic heterocycles. The molecule has 2 amide bonds. The standard InChI is InChI=1S/C23H29ClN4O3/c1-2-25-23(27-13-18(29)16-6-3-4-7-17(16)24)26-10-5-11-28-21(30)19-14-8-9-15(12-14)20(19)22(28)31/h3-4,6-9,14-15,18-20,29H,2,5,10-13H2,1H3,(H2,25,26,27). The summed E-state index contributed by atoms with van der Waals surface area (Å²) in [6, 6.07) is 7.17. The van der Waals surface area contributed by atoms with Gasteiger partial charge in [-0.25, -0.2) is 0 Å². The number of halogens is 1. The molecule has 5 atom stereocenters. The van der Waals surface area contributed by atoms with Crippen LogP contribution >= 0.6 is 11.6 Å². The number of aliphatic imine (C=N–C) groups is 1. The number of nitrogens with one attached hydrogen (secondary N) is 2. The lowest BCUT2D eigenvalue weighted by Crippen LogP contribution is -2.40. The predicted octanol–water partition coefficient (Wildman–Crippen LogP) is 2.13. The van der Waals surface area contributed by atoms with Crippen molar-refractivity contribution in [2.24, 2.45) is 28.7 Å². The molecule has 1 aromatic carbocycles. The van der Waals surface area contributed by atoms with E-state index >= 15 is 0 Å². The molecule has 1 aromatic rings. The maximum Gasteiger partial charge on any atom is 0.233 e. The summed E-state index contributed by atoms with van der Waals surface area (Å²) in [6.07, 6.45) is 5.01. The monoisotopic (exact) mass is 444 g/mol. The molecule has 3 N–H and O–H groups in total. The lowest BCUT2D eigenvalue weighted by atomic mass is 9.85. The van der Waals surface area contributed by atoms with Crippen LogP contribution in [0.5, 0.6) is 0 Å². The Labute approximate surface area is 187 Å². The summed E-state index contributed by atoms with van der Waals surface area (Å²) in [5.41, 5.74) is 0.642. The van der Waals surface area contributed by atoms with Gasteiger partial charge in [-0.05, 0) is 37.7 Å². The predicted molar refractivity (Wildman–Crippen MR) is 119 cm³/mol. The Balaban J connectivity index is 1.26. The van der Waals surface area contributed by atoms with E-state index in [9.17, 15) is 14.7 Å². The number of imide groups is 1. The van der Waals surface area contributed by atoms with Gasteiger partial charge in [0.25, 0.3) is 0 Å². The highest BCUT2D eigenvalue weighted by molar-refractivity contribution is 6.31. The van der Waals surface area contributed by atoms with Crippen LogP contribution in [0.2, 0.25) is 5.02 Å². The number of fused-ring (bicyclic) bond motifs is 5. The maximum absolute atomic E-state index is 12.7. The van der Waals surface area contributed by atoms with Crippen molar-refractivity contribution in [3.8, 4) is 0 Å². The fourth-order valence-corrected chi connectivity index (χ4v) is 5.25. The minimum absolute atomic E-state index is 0.00436. The molecule has 5 unspecified atom stereocenters. The summed E-state index contributed by atoms with van der Waals surface area (Å²) in [6.45, 7) is 3.78. The number of rotatable bonds is 8. The van der Waals surface area contributed by atoms with Crippen LogP contribution in [-0.4, -0.2) is 54.0 Å². The van der Waals surface area contributed by atoms with Gasteiger partial charge in [0.1, 0.15) is 6.10 Å². The molecule has 2 bridgehead atoms. The Morgan fingerprint density at radius 2 is 1.87 bits per heavy atom. The Kier molecular flexibility index (Phi) is 6.62. The van der Waals surface area contributed by atoms with Crippen LogP contribution in [0.4, 0.5) is 0 Å². The molecule has 2 fully saturated rings. The summed E-state index contributed by atoms with van der Waals surface area (Å²) < 4.78 is 0. The molecule has 7 nitrogen and oxygen atoms in total. The maximum atomic E-state index is 12.7. The van der Waals surface area contributed by atoms with Crippen LogP contribution in [0.1, 0.15) is 31.4 Å². The molecule has 4 rings (SSSR count). The van der Waals surface area contributed by atoms with Gasteiger partial charge in [-0.2, -0.15) is 0 Å². The molecule has 1 aliphatic heterocycles. The zero-order valence-corrected chi connectivity index (χ0v) is 18.4. The molecule has 1 saturated carbocycles. The van der Waals surface area contributed by atoms with Crippen LogP contribution in [0.25, 0.3) is 0 Å².